The fourth-order valence-electron chi connectivity index (χ4n) is 11.8. The predicted octanol–water partition coefficient (Wildman–Crippen LogP) is 12.6. The van der Waals surface area contributed by atoms with Gasteiger partial charge >= 0.3 is 6.09 Å². The third-order valence-corrected chi connectivity index (χ3v) is 18.6. The number of para-hydroxylation sites is 1. The second-order valence-corrected chi connectivity index (χ2v) is 26.3. The minimum Gasteiger partial charge on any atom is -0.493 e. The van der Waals surface area contributed by atoms with Crippen molar-refractivity contribution < 1.29 is 41.7 Å². The molecule has 7 aromatic carbocycles. The Morgan fingerprint density at radius 3 is 1.56 bits per heavy atom. The largest absolute Gasteiger partial charge is 0.493 e. The number of nitrogens with zero attached hydrogens (tertiary/aromatic N) is 6. The number of benzene rings is 7. The van der Waals surface area contributed by atoms with Crippen LogP contribution >= 0.6 is 0 Å². The molecule has 0 radical (unpaired) electrons. The van der Waals surface area contributed by atoms with Crippen LogP contribution in [0.5, 0.6) is 23.0 Å². The molecule has 508 valence electrons. The number of aldehydes is 1. The van der Waals surface area contributed by atoms with E-state index in [0.717, 1.165) is 123 Å². The van der Waals surface area contributed by atoms with Crippen LogP contribution in [0.25, 0.3) is 6.08 Å². The Morgan fingerprint density at radius 2 is 1.09 bits per heavy atom. The number of ether oxygens (including phenoxy) is 5. The minimum atomic E-state index is -4.27. The summed E-state index contributed by atoms with van der Waals surface area (Å²) in [7, 11) is -1.06. The zero-order valence-corrected chi connectivity index (χ0v) is 56.4. The molecule has 11 rings (SSSR count). The first kappa shape index (κ1) is 73.6. The number of rotatable bonds is 18. The van der Waals surface area contributed by atoms with Gasteiger partial charge in [-0.2, -0.15) is 0 Å². The van der Waals surface area contributed by atoms with E-state index in [2.05, 4.69) is 99.4 Å². The van der Waals surface area contributed by atoms with E-state index in [4.69, 9.17) is 34.9 Å². The first-order valence-corrected chi connectivity index (χ1v) is 33.8. The third-order valence-electron chi connectivity index (χ3n) is 17.1. The van der Waals surface area contributed by atoms with Crippen LogP contribution in [0.2, 0.25) is 0 Å². The number of hydrogen-bond donors (Lipinski definition) is 4. The molecule has 0 aromatic heterocycles. The first-order chi connectivity index (χ1) is 45.0. The number of hydrazine groups is 1. The molecule has 7 aromatic rings. The Labute approximate surface area is 563 Å². The molecular formula is C75H98N10O9S. The van der Waals surface area contributed by atoms with Crippen LogP contribution in [0, 0.1) is 5.41 Å². The second kappa shape index (κ2) is 35.1. The molecule has 4 heterocycles. The van der Waals surface area contributed by atoms with E-state index in [9.17, 15) is 18.0 Å². The van der Waals surface area contributed by atoms with E-state index in [1.54, 1.807) is 64.3 Å². The maximum atomic E-state index is 13.6. The Kier molecular flexibility index (Phi) is 27.2. The number of piperazine rings is 2. The quantitative estimate of drug-likeness (QED) is 0.0206. The smallest absolute Gasteiger partial charge is 0.410 e. The number of carbonyl (C=O) groups is 2. The lowest BCUT2D eigenvalue weighted by Gasteiger charge is -2.38. The van der Waals surface area contributed by atoms with E-state index in [1.807, 2.05) is 78.9 Å². The fourth-order valence-corrected chi connectivity index (χ4v) is 13.1. The number of nitrogens with one attached hydrogen (secondary N) is 2. The van der Waals surface area contributed by atoms with Crippen molar-refractivity contribution in [3.8, 4) is 23.0 Å². The lowest BCUT2D eigenvalue weighted by Crippen LogP contribution is -2.48. The summed E-state index contributed by atoms with van der Waals surface area (Å²) in [6.45, 7) is 22.9. The molecule has 19 nitrogen and oxygen atoms in total. The van der Waals surface area contributed by atoms with Gasteiger partial charge in [-0.05, 0) is 158 Å². The topological polar surface area (TPSA) is 231 Å². The molecule has 2 saturated heterocycles. The van der Waals surface area contributed by atoms with Crippen molar-refractivity contribution in [1.29, 1.82) is 5.41 Å². The Balaban J connectivity index is 0.000000216. The van der Waals surface area contributed by atoms with Crippen LogP contribution < -0.4 is 51.1 Å². The average molecular weight is 1320 g/mol. The highest BCUT2D eigenvalue weighted by atomic mass is 32.2. The number of sulfone groups is 1. The van der Waals surface area contributed by atoms with Gasteiger partial charge < -0.3 is 54.8 Å². The molecule has 2 atom stereocenters. The summed E-state index contributed by atoms with van der Waals surface area (Å²) in [6, 6.07) is 52.1. The predicted molar refractivity (Wildman–Crippen MR) is 384 cm³/mol. The van der Waals surface area contributed by atoms with Crippen molar-refractivity contribution in [2.75, 3.05) is 113 Å². The lowest BCUT2D eigenvalue weighted by atomic mass is 9.93. The van der Waals surface area contributed by atoms with Gasteiger partial charge in [-0.15, -0.1) is 0 Å². The van der Waals surface area contributed by atoms with E-state index in [-0.39, 0.29) is 26.2 Å². The maximum absolute atomic E-state index is 13.6. The summed E-state index contributed by atoms with van der Waals surface area (Å²) in [6.07, 6.45) is 6.14. The van der Waals surface area contributed by atoms with E-state index in [0.29, 0.717) is 42.4 Å². The molecule has 1 amide bonds. The summed E-state index contributed by atoms with van der Waals surface area (Å²) in [5.74, 6) is 7.95. The zero-order valence-electron chi connectivity index (χ0n) is 55.5. The van der Waals surface area contributed by atoms with Crippen LogP contribution in [0.3, 0.4) is 0 Å². The van der Waals surface area contributed by atoms with Gasteiger partial charge in [0.25, 0.3) is 0 Å². The van der Waals surface area contributed by atoms with E-state index < -0.39 is 38.5 Å². The molecule has 4 aliphatic rings. The van der Waals surface area contributed by atoms with E-state index >= 15 is 0 Å². The fraction of sp³-hybridized carbons (Fsp3) is 0.373. The van der Waals surface area contributed by atoms with Gasteiger partial charge in [-0.3, -0.25) is 20.1 Å². The van der Waals surface area contributed by atoms with Crippen LogP contribution in [0.4, 0.5) is 21.9 Å². The van der Waals surface area contributed by atoms with Gasteiger partial charge in [0.2, 0.25) is 15.0 Å². The summed E-state index contributed by atoms with van der Waals surface area (Å²) in [5, 5.41) is 12.1. The number of methoxy groups -OCH3 is 2. The van der Waals surface area contributed by atoms with Crippen molar-refractivity contribution >= 4 is 50.5 Å². The lowest BCUT2D eigenvalue weighted by molar-refractivity contribution is 0.0162. The van der Waals surface area contributed by atoms with Gasteiger partial charge in [0, 0.05) is 82.4 Å². The van der Waals surface area contributed by atoms with Crippen LogP contribution in [0.15, 0.2) is 170 Å². The Bertz CT molecular complexity index is 3690. The molecular weight excluding hydrogens is 1220 g/mol. The zero-order chi connectivity index (χ0) is 65.9. The Hall–Kier alpha value is -8.76. The molecule has 2 unspecified atom stereocenters. The highest BCUT2D eigenvalue weighted by molar-refractivity contribution is 8.06. The molecule has 0 spiro atoms. The highest BCUT2D eigenvalue weighted by Crippen LogP contribution is 2.41. The molecule has 0 aliphatic carbocycles. The molecule has 0 saturated carbocycles. The highest BCUT2D eigenvalue weighted by Gasteiger charge is 2.40. The molecule has 2 fully saturated rings. The number of likely N-dealkylation sites (N-methyl/N-ethyl adjacent to an activating group) is 2. The number of nitrogens with two attached hydrogens (primary N) is 1. The van der Waals surface area contributed by atoms with Crippen molar-refractivity contribution in [3.05, 3.63) is 214 Å². The van der Waals surface area contributed by atoms with Gasteiger partial charge in [0.05, 0.1) is 37.7 Å². The molecule has 95 heavy (non-hydrogen) atoms. The van der Waals surface area contributed by atoms with Gasteiger partial charge in [0.1, 0.15) is 25.1 Å². The van der Waals surface area contributed by atoms with Gasteiger partial charge in [0.15, 0.2) is 23.0 Å². The molecule has 4 aliphatic heterocycles. The number of hydrogen-bond acceptors (Lipinski definition) is 17. The summed E-state index contributed by atoms with van der Waals surface area (Å²) < 4.78 is 56.3. The summed E-state index contributed by atoms with van der Waals surface area (Å²) >= 11 is 0. The number of carbonyl (C=O) groups excluding carboxylic acids is 2. The SMILES string of the molecule is C.CCN1CCN(c2ccc(/C=C/C3NCCc4cc(OCc5ccccc5)c(OC)cc43)cc2)CC1.CCN1CCN(c2ccc(C=O)cc2)CC1.COc1cc2c(cc1OCc1ccccc1)CCN(C(=O)OC(C)(C)C)C2CS(=O)(=O)C(=N)N(N)c1ccccc1.N. The standard InChI is InChI=1S/C31H37N3O2.C30H36N4O6S.C13H18N2O.CH4.H3N/c1-3-33-17-19-34(20-18-33)27-12-9-24(10-13-27)11-14-29-28-22-30(35-2)31(21-26(28)15-16-32-29)36-23-25-7-5-4-6-8-25;1-30(2,3)40-29(35)33-16-15-22-17-27(39-19-21-11-7-5-8-12-21)26(38-4)18-24(22)25(33)20-41(36,37)28(31)34(32)23-13-9-6-10-14-23;1-2-14-7-9-15(10-8-14)13-5-3-12(11-16)4-6-13;;/h4-14,21-22,29,32H,3,15-20,23H2,1-2H3;5-14,17-18,25,31H,15-16,19-20,32H2,1-4H3;3-6,11H,2,7-10H2,1H3;1H4;1H3/b14-11+;;;;. The van der Waals surface area contributed by atoms with Crippen molar-refractivity contribution in [2.45, 2.75) is 85.8 Å². The van der Waals surface area contributed by atoms with Gasteiger partial charge in [-0.25, -0.2) is 19.1 Å². The maximum Gasteiger partial charge on any atom is 0.410 e. The third kappa shape index (κ3) is 20.1. The molecule has 0 bridgehead atoms. The number of anilines is 3. The molecule has 7 N–H and O–H groups in total. The minimum absolute atomic E-state index is 0. The first-order valence-electron chi connectivity index (χ1n) is 32.1. The molecule has 20 heteroatoms. The summed E-state index contributed by atoms with van der Waals surface area (Å²) in [4.78, 5) is 35.1. The number of amidine groups is 1. The van der Waals surface area contributed by atoms with Crippen LogP contribution in [-0.4, -0.2) is 145 Å². The van der Waals surface area contributed by atoms with E-state index in [1.165, 1.54) is 40.1 Å². The number of amides is 1. The normalized spacial score (nSPS) is 16.4. The monoisotopic (exact) mass is 1310 g/mol. The van der Waals surface area contributed by atoms with Crippen molar-refractivity contribution in [2.24, 2.45) is 5.84 Å². The van der Waals surface area contributed by atoms with Crippen molar-refractivity contribution in [3.63, 3.8) is 0 Å². The van der Waals surface area contributed by atoms with Gasteiger partial charge in [-0.1, -0.05) is 124 Å². The van der Waals surface area contributed by atoms with Crippen molar-refractivity contribution in [1.82, 2.24) is 26.2 Å². The summed E-state index contributed by atoms with van der Waals surface area (Å²) in [5.41, 5.74) is 10.1. The Morgan fingerprint density at radius 1 is 0.632 bits per heavy atom. The average Bonchev–Trinajstić information content (AvgIpc) is 0.770. The van der Waals surface area contributed by atoms with Crippen LogP contribution in [-0.2, 0) is 40.6 Å². The second-order valence-electron chi connectivity index (χ2n) is 24.4. The van der Waals surface area contributed by atoms with Crippen LogP contribution in [0.1, 0.15) is 103 Å². The number of fused-ring (bicyclic) bond motifs is 2.